The summed E-state index contributed by atoms with van der Waals surface area (Å²) in [5.41, 5.74) is 7.98. The zero-order chi connectivity index (χ0) is 14.6. The van der Waals surface area contributed by atoms with Crippen LogP contribution in [0.5, 0.6) is 0 Å². The van der Waals surface area contributed by atoms with Crippen molar-refractivity contribution in [3.8, 4) is 0 Å². The molecule has 1 aromatic carbocycles. The van der Waals surface area contributed by atoms with Crippen LogP contribution in [0, 0.1) is 13.8 Å². The van der Waals surface area contributed by atoms with Crippen LogP contribution in [0.1, 0.15) is 30.9 Å². The first-order valence-electron chi connectivity index (χ1n) is 6.32. The monoisotopic (exact) mass is 286 g/mol. The highest BCUT2D eigenvalue weighted by molar-refractivity contribution is 7.89. The predicted molar refractivity (Wildman–Crippen MR) is 76.4 cm³/mol. The lowest BCUT2D eigenvalue weighted by Crippen LogP contribution is -2.27. The minimum atomic E-state index is -3.57. The van der Waals surface area contributed by atoms with Crippen LogP contribution in [0.2, 0.25) is 0 Å². The summed E-state index contributed by atoms with van der Waals surface area (Å²) >= 11 is 0. The van der Waals surface area contributed by atoms with Crippen molar-refractivity contribution in [3.05, 3.63) is 23.3 Å². The number of benzene rings is 1. The van der Waals surface area contributed by atoms with E-state index in [0.29, 0.717) is 18.5 Å². The molecular weight excluding hydrogens is 264 g/mol. The number of nitrogens with two attached hydrogens (primary N) is 1. The summed E-state index contributed by atoms with van der Waals surface area (Å²) in [6.07, 6.45) is 0.529. The van der Waals surface area contributed by atoms with Gasteiger partial charge in [-0.1, -0.05) is 6.92 Å². The smallest absolute Gasteiger partial charge is 0.240 e. The highest BCUT2D eigenvalue weighted by atomic mass is 32.2. The quantitative estimate of drug-likeness (QED) is 0.688. The lowest BCUT2D eigenvalue weighted by molar-refractivity contribution is 0.162. The normalized spacial score (nSPS) is 13.5. The molecule has 1 rings (SSSR count). The molecule has 0 bridgehead atoms. The third kappa shape index (κ3) is 4.19. The second-order valence-electron chi connectivity index (χ2n) is 4.70. The van der Waals surface area contributed by atoms with E-state index in [0.717, 1.165) is 11.1 Å². The molecule has 19 heavy (non-hydrogen) atoms. The van der Waals surface area contributed by atoms with Crippen LogP contribution in [0.4, 0.5) is 5.69 Å². The Hall–Kier alpha value is -1.11. The van der Waals surface area contributed by atoms with E-state index in [1.165, 1.54) is 6.07 Å². The Bertz CT molecular complexity index is 518. The van der Waals surface area contributed by atoms with Crippen molar-refractivity contribution in [2.24, 2.45) is 0 Å². The molecule has 0 saturated heterocycles. The number of rotatable bonds is 6. The van der Waals surface area contributed by atoms with Gasteiger partial charge in [0.15, 0.2) is 0 Å². The van der Waals surface area contributed by atoms with E-state index < -0.39 is 16.1 Å². The molecule has 4 N–H and O–H groups in total. The first-order chi connectivity index (χ1) is 8.77. The van der Waals surface area contributed by atoms with Crippen molar-refractivity contribution in [1.29, 1.82) is 0 Å². The Kier molecular flexibility index (Phi) is 5.34. The summed E-state index contributed by atoms with van der Waals surface area (Å²) in [7, 11) is -3.57. The van der Waals surface area contributed by atoms with Gasteiger partial charge in [-0.15, -0.1) is 0 Å². The number of sulfonamides is 1. The van der Waals surface area contributed by atoms with E-state index in [1.54, 1.807) is 6.07 Å². The van der Waals surface area contributed by atoms with Crippen LogP contribution in [0.3, 0.4) is 0 Å². The van der Waals surface area contributed by atoms with Gasteiger partial charge < -0.3 is 10.8 Å². The molecule has 108 valence electrons. The Labute approximate surface area is 114 Å². The van der Waals surface area contributed by atoms with Crippen molar-refractivity contribution in [3.63, 3.8) is 0 Å². The van der Waals surface area contributed by atoms with E-state index in [-0.39, 0.29) is 11.4 Å². The van der Waals surface area contributed by atoms with E-state index in [1.807, 2.05) is 20.8 Å². The van der Waals surface area contributed by atoms with Crippen LogP contribution in [0.25, 0.3) is 0 Å². The number of aryl methyl sites for hydroxylation is 1. The molecule has 0 fully saturated rings. The molecule has 5 nitrogen and oxygen atoms in total. The van der Waals surface area contributed by atoms with E-state index in [2.05, 4.69) is 4.72 Å². The summed E-state index contributed by atoms with van der Waals surface area (Å²) in [6, 6.07) is 3.06. The van der Waals surface area contributed by atoms with E-state index in [4.69, 9.17) is 5.73 Å². The number of hydrogen-bond donors (Lipinski definition) is 3. The zero-order valence-electron chi connectivity index (χ0n) is 11.6. The van der Waals surface area contributed by atoms with Crippen LogP contribution >= 0.6 is 0 Å². The lowest BCUT2D eigenvalue weighted by Gasteiger charge is -2.12. The topological polar surface area (TPSA) is 92.4 Å². The number of hydrogen-bond acceptors (Lipinski definition) is 4. The van der Waals surface area contributed by atoms with Gasteiger partial charge in [-0.25, -0.2) is 13.1 Å². The number of aliphatic hydroxyl groups is 1. The van der Waals surface area contributed by atoms with Crippen LogP contribution < -0.4 is 10.5 Å². The highest BCUT2D eigenvalue weighted by Crippen LogP contribution is 2.21. The maximum Gasteiger partial charge on any atom is 0.240 e. The minimum absolute atomic E-state index is 0.166. The van der Waals surface area contributed by atoms with Gasteiger partial charge in [-0.05, 0) is 49.9 Å². The summed E-state index contributed by atoms with van der Waals surface area (Å²) in [4.78, 5) is 0.166. The van der Waals surface area contributed by atoms with Gasteiger partial charge >= 0.3 is 0 Å². The zero-order valence-corrected chi connectivity index (χ0v) is 12.4. The molecule has 0 aliphatic heterocycles. The molecule has 0 aliphatic carbocycles. The van der Waals surface area contributed by atoms with Gasteiger partial charge in [-0.2, -0.15) is 0 Å². The molecule has 6 heteroatoms. The first-order valence-corrected chi connectivity index (χ1v) is 7.80. The fourth-order valence-electron chi connectivity index (χ4n) is 1.66. The van der Waals surface area contributed by atoms with E-state index in [9.17, 15) is 13.5 Å². The van der Waals surface area contributed by atoms with Gasteiger partial charge in [-0.3, -0.25) is 0 Å². The second kappa shape index (κ2) is 6.36. The van der Waals surface area contributed by atoms with Gasteiger partial charge in [0, 0.05) is 12.2 Å². The fraction of sp³-hybridized carbons (Fsp3) is 0.538. The molecule has 0 heterocycles. The molecule has 0 spiro atoms. The molecule has 0 saturated carbocycles. The third-order valence-electron chi connectivity index (χ3n) is 3.23. The maximum atomic E-state index is 12.1. The summed E-state index contributed by atoms with van der Waals surface area (Å²) in [5, 5.41) is 9.40. The van der Waals surface area contributed by atoms with Gasteiger partial charge in [0.25, 0.3) is 0 Å². The first kappa shape index (κ1) is 15.9. The average molecular weight is 286 g/mol. The average Bonchev–Trinajstić information content (AvgIpc) is 2.34. The van der Waals surface area contributed by atoms with Gasteiger partial charge in [0.1, 0.15) is 0 Å². The molecule has 0 amide bonds. The van der Waals surface area contributed by atoms with Crippen LogP contribution in [-0.4, -0.2) is 26.2 Å². The molecule has 0 aliphatic rings. The SMILES string of the molecule is CCC(O)CCNS(=O)(=O)c1cc(C)c(C)c(N)c1. The summed E-state index contributed by atoms with van der Waals surface area (Å²) in [5.74, 6) is 0. The maximum absolute atomic E-state index is 12.1. The number of anilines is 1. The van der Waals surface area contributed by atoms with Gasteiger partial charge in [0.2, 0.25) is 10.0 Å². The van der Waals surface area contributed by atoms with Crippen LogP contribution in [0.15, 0.2) is 17.0 Å². The Balaban J connectivity index is 2.83. The van der Waals surface area contributed by atoms with Crippen LogP contribution in [-0.2, 0) is 10.0 Å². The molecule has 0 aromatic heterocycles. The van der Waals surface area contributed by atoms with Crippen molar-refractivity contribution >= 4 is 15.7 Å². The highest BCUT2D eigenvalue weighted by Gasteiger charge is 2.16. The molecule has 1 unspecified atom stereocenters. The molecular formula is C13H22N2O3S. The lowest BCUT2D eigenvalue weighted by atomic mass is 10.1. The number of aliphatic hydroxyl groups excluding tert-OH is 1. The predicted octanol–water partition coefficient (Wildman–Crippen LogP) is 1.32. The third-order valence-corrected chi connectivity index (χ3v) is 4.67. The largest absolute Gasteiger partial charge is 0.398 e. The number of nitrogens with one attached hydrogen (secondary N) is 1. The van der Waals surface area contributed by atoms with Gasteiger partial charge in [0.05, 0.1) is 11.0 Å². The van der Waals surface area contributed by atoms with Crippen molar-refractivity contribution in [1.82, 2.24) is 4.72 Å². The Morgan fingerprint density at radius 1 is 1.37 bits per heavy atom. The van der Waals surface area contributed by atoms with Crippen molar-refractivity contribution in [2.45, 2.75) is 44.6 Å². The standard InChI is InChI=1S/C13H22N2O3S/c1-4-11(16)5-6-15-19(17,18)12-7-9(2)10(3)13(14)8-12/h7-8,11,15-16H,4-6,14H2,1-3H3. The van der Waals surface area contributed by atoms with Crippen molar-refractivity contribution < 1.29 is 13.5 Å². The fourth-order valence-corrected chi connectivity index (χ4v) is 2.82. The van der Waals surface area contributed by atoms with E-state index >= 15 is 0 Å². The summed E-state index contributed by atoms with van der Waals surface area (Å²) < 4.78 is 26.6. The Morgan fingerprint density at radius 2 is 2.00 bits per heavy atom. The minimum Gasteiger partial charge on any atom is -0.398 e. The molecule has 1 aromatic rings. The summed E-state index contributed by atoms with van der Waals surface area (Å²) in [6.45, 7) is 5.74. The number of nitrogen functional groups attached to an aromatic ring is 1. The molecule has 1 atom stereocenters. The van der Waals surface area contributed by atoms with Crippen molar-refractivity contribution in [2.75, 3.05) is 12.3 Å². The second-order valence-corrected chi connectivity index (χ2v) is 6.47. The molecule has 0 radical (unpaired) electrons. The Morgan fingerprint density at radius 3 is 2.53 bits per heavy atom.